The minimum atomic E-state index is -2.32. The number of benzene rings is 4. The third-order valence-electron chi connectivity index (χ3n) is 8.22. The Labute approximate surface area is 283 Å². The summed E-state index contributed by atoms with van der Waals surface area (Å²) in [5.41, 5.74) is 6.35. The van der Waals surface area contributed by atoms with E-state index in [1.54, 1.807) is 12.4 Å². The Morgan fingerprint density at radius 1 is 0.733 bits per heavy atom. The largest absolute Gasteiger partial charge is 0.508 e. The van der Waals surface area contributed by atoms with Gasteiger partial charge in [-0.1, -0.05) is 65.3 Å². The molecular weight excluding hydrogens is 736 g/mol. The van der Waals surface area contributed by atoms with Crippen molar-refractivity contribution in [3.63, 3.8) is 0 Å². The molecule has 0 amide bonds. The molecular formula is C39H37N4OPt-. The SMILES string of the molecule is [2H]C([2H])([2H])n1[cH+]n(-c2[c-]c(Oc3[c-]c4c(cc3)c3cc(C(C)(C)C)ccc3n4-c3cc(C(C)(C)C)ccn3)ccc2)c2ccccc21.[Pt]. The summed E-state index contributed by atoms with van der Waals surface area (Å²) in [6.07, 6.45) is 3.47. The Hall–Kier alpha value is -4.21. The number of hydrogen-bond donors (Lipinski definition) is 0. The van der Waals surface area contributed by atoms with Crippen molar-refractivity contribution in [2.75, 3.05) is 0 Å². The minimum Gasteiger partial charge on any atom is -0.508 e. The number of pyridine rings is 1. The van der Waals surface area contributed by atoms with E-state index in [4.69, 9.17) is 13.8 Å². The molecule has 0 unspecified atom stereocenters. The molecule has 230 valence electrons. The first-order valence-electron chi connectivity index (χ1n) is 16.4. The van der Waals surface area contributed by atoms with Crippen molar-refractivity contribution < 1.29 is 29.9 Å². The topological polar surface area (TPSA) is 36.9 Å². The van der Waals surface area contributed by atoms with Gasteiger partial charge in [-0.2, -0.15) is 12.1 Å². The third kappa shape index (κ3) is 5.59. The van der Waals surface area contributed by atoms with Crippen molar-refractivity contribution >= 4 is 32.8 Å². The van der Waals surface area contributed by atoms with Gasteiger partial charge in [0.1, 0.15) is 5.82 Å². The van der Waals surface area contributed by atoms with Crippen LogP contribution in [0.3, 0.4) is 0 Å². The summed E-state index contributed by atoms with van der Waals surface area (Å²) < 4.78 is 35.8. The minimum absolute atomic E-state index is 0. The van der Waals surface area contributed by atoms with Crippen LogP contribution in [0.15, 0.2) is 97.5 Å². The van der Waals surface area contributed by atoms with Gasteiger partial charge in [-0.15, -0.1) is 29.7 Å². The van der Waals surface area contributed by atoms with Crippen LogP contribution < -0.4 is 4.74 Å². The van der Waals surface area contributed by atoms with Gasteiger partial charge in [-0.25, -0.2) is 14.1 Å². The van der Waals surface area contributed by atoms with Gasteiger partial charge in [0.05, 0.1) is 0 Å². The standard InChI is InChI=1S/C39H37N4O.Pt/c1-38(2,3)26-15-18-33-32(21-26)31-17-16-30(24-36(31)43(33)37-22-27(19-20-40-37)39(4,5)6)44-29-12-10-11-28(23-29)42-25-41(7)34-13-8-9-14-35(34)42;/h8-22,25H,1-7H3;/q-1;/i7D3;. The van der Waals surface area contributed by atoms with E-state index in [-0.39, 0.29) is 31.9 Å². The van der Waals surface area contributed by atoms with Gasteiger partial charge >= 0.3 is 0 Å². The number of ether oxygens (including phenoxy) is 1. The monoisotopic (exact) mass is 775 g/mol. The summed E-state index contributed by atoms with van der Waals surface area (Å²) in [6, 6.07) is 34.8. The maximum Gasteiger partial charge on any atom is 0.188 e. The van der Waals surface area contributed by atoms with Crippen molar-refractivity contribution in [3.8, 4) is 23.0 Å². The number of fused-ring (bicyclic) bond motifs is 4. The molecule has 0 atom stereocenters. The third-order valence-corrected chi connectivity index (χ3v) is 8.22. The molecule has 0 aliphatic rings. The van der Waals surface area contributed by atoms with Crippen molar-refractivity contribution in [3.05, 3.63) is 121 Å². The predicted octanol–water partition coefficient (Wildman–Crippen LogP) is 9.73. The van der Waals surface area contributed by atoms with Crippen molar-refractivity contribution in [1.29, 1.82) is 0 Å². The molecule has 4 aromatic carbocycles. The van der Waals surface area contributed by atoms with E-state index in [0.717, 1.165) is 33.1 Å². The van der Waals surface area contributed by atoms with E-state index in [9.17, 15) is 0 Å². The maximum atomic E-state index is 8.03. The molecule has 3 heterocycles. The van der Waals surface area contributed by atoms with Crippen LogP contribution in [0.25, 0.3) is 44.3 Å². The first kappa shape index (κ1) is 27.1. The molecule has 0 bridgehead atoms. The molecule has 3 aromatic heterocycles. The molecule has 7 rings (SSSR count). The average Bonchev–Trinajstić information content (AvgIpc) is 3.56. The fraction of sp³-hybridized carbons (Fsp3) is 0.231. The Bertz CT molecular complexity index is 2310. The fourth-order valence-corrected chi connectivity index (χ4v) is 5.75. The van der Waals surface area contributed by atoms with Crippen molar-refractivity contribution in [2.24, 2.45) is 6.98 Å². The summed E-state index contributed by atoms with van der Waals surface area (Å²) in [7, 11) is 0. The number of imidazole rings is 1. The number of hydrogen-bond acceptors (Lipinski definition) is 2. The van der Waals surface area contributed by atoms with E-state index >= 15 is 0 Å². The predicted molar refractivity (Wildman–Crippen MR) is 180 cm³/mol. The van der Waals surface area contributed by atoms with E-state index in [1.807, 2.05) is 53.2 Å². The quantitative estimate of drug-likeness (QED) is 0.167. The van der Waals surface area contributed by atoms with Crippen LogP contribution in [0.5, 0.6) is 11.5 Å². The Balaban J connectivity index is 0.00000401. The van der Waals surface area contributed by atoms with E-state index < -0.39 is 6.98 Å². The van der Waals surface area contributed by atoms with Crippen LogP contribution in [0, 0.1) is 12.1 Å². The van der Waals surface area contributed by atoms with Crippen LogP contribution in [0.2, 0.25) is 0 Å². The summed E-state index contributed by atoms with van der Waals surface area (Å²) in [5, 5.41) is 2.20. The van der Waals surface area contributed by atoms with Gasteiger partial charge in [-0.3, -0.25) is 0 Å². The number of para-hydroxylation sites is 2. The Morgan fingerprint density at radius 2 is 1.47 bits per heavy atom. The Kier molecular flexibility index (Phi) is 6.81. The molecule has 5 nitrogen and oxygen atoms in total. The molecule has 0 N–H and O–H groups in total. The molecule has 0 saturated heterocycles. The van der Waals surface area contributed by atoms with Crippen LogP contribution in [0.4, 0.5) is 0 Å². The first-order chi connectivity index (χ1) is 22.2. The van der Waals surface area contributed by atoms with E-state index in [0.29, 0.717) is 22.7 Å². The molecule has 7 aromatic rings. The van der Waals surface area contributed by atoms with Gasteiger partial charge in [0.25, 0.3) is 0 Å². The van der Waals surface area contributed by atoms with Crippen molar-refractivity contribution in [1.82, 2.24) is 18.7 Å². The molecule has 0 radical (unpaired) electrons. The summed E-state index contributed by atoms with van der Waals surface area (Å²) in [4.78, 5) is 4.82. The second kappa shape index (κ2) is 11.3. The smallest absolute Gasteiger partial charge is 0.188 e. The summed E-state index contributed by atoms with van der Waals surface area (Å²) in [6.45, 7) is 11.0. The normalized spacial score (nSPS) is 13.4. The fourth-order valence-electron chi connectivity index (χ4n) is 5.75. The summed E-state index contributed by atoms with van der Waals surface area (Å²) in [5.74, 6) is 1.85. The van der Waals surface area contributed by atoms with Gasteiger partial charge in [0.15, 0.2) is 17.4 Å². The van der Waals surface area contributed by atoms with Crippen LogP contribution >= 0.6 is 0 Å². The maximum absolute atomic E-state index is 8.03. The molecule has 6 heteroatoms. The molecule has 0 aliphatic carbocycles. The summed E-state index contributed by atoms with van der Waals surface area (Å²) >= 11 is 0. The van der Waals surface area contributed by atoms with E-state index in [2.05, 4.69) is 94.6 Å². The molecule has 45 heavy (non-hydrogen) atoms. The number of aryl methyl sites for hydroxylation is 1. The molecule has 0 saturated carbocycles. The van der Waals surface area contributed by atoms with Gasteiger partial charge < -0.3 is 9.30 Å². The number of nitrogens with zero attached hydrogens (tertiary/aromatic N) is 4. The first-order valence-corrected chi connectivity index (χ1v) is 14.9. The number of rotatable bonds is 4. The average molecular weight is 776 g/mol. The molecule has 0 fully saturated rings. The Morgan fingerprint density at radius 3 is 2.22 bits per heavy atom. The van der Waals surface area contributed by atoms with Crippen LogP contribution in [-0.2, 0) is 38.9 Å². The second-order valence-electron chi connectivity index (χ2n) is 13.4. The van der Waals surface area contributed by atoms with Gasteiger partial charge in [0, 0.05) is 73.2 Å². The molecule has 0 aliphatic heterocycles. The van der Waals surface area contributed by atoms with Gasteiger partial charge in [-0.05, 0) is 57.7 Å². The zero-order valence-electron chi connectivity index (χ0n) is 29.3. The van der Waals surface area contributed by atoms with Crippen LogP contribution in [0.1, 0.15) is 56.8 Å². The molecule has 0 spiro atoms. The zero-order valence-corrected chi connectivity index (χ0v) is 28.5. The van der Waals surface area contributed by atoms with Crippen molar-refractivity contribution in [2.45, 2.75) is 52.4 Å². The second-order valence-corrected chi connectivity index (χ2v) is 13.4. The van der Waals surface area contributed by atoms with E-state index in [1.165, 1.54) is 15.7 Å². The zero-order chi connectivity index (χ0) is 33.3. The van der Waals surface area contributed by atoms with Crippen LogP contribution in [-0.4, -0.2) is 18.7 Å². The van der Waals surface area contributed by atoms with Gasteiger partial charge in [0.2, 0.25) is 0 Å². The number of aromatic nitrogens is 4.